The highest BCUT2D eigenvalue weighted by Gasteiger charge is 2.38. The Balaban J connectivity index is 2.38. The summed E-state index contributed by atoms with van der Waals surface area (Å²) in [4.78, 5) is 37.7. The van der Waals surface area contributed by atoms with Crippen molar-refractivity contribution in [1.29, 1.82) is 0 Å². The minimum absolute atomic E-state index is 0.141. The number of hydrogen-bond acceptors (Lipinski definition) is 5. The average molecular weight is 354 g/mol. The van der Waals surface area contributed by atoms with Crippen LogP contribution in [0.3, 0.4) is 0 Å². The molecule has 0 radical (unpaired) electrons. The van der Waals surface area contributed by atoms with Gasteiger partial charge in [-0.2, -0.15) is 0 Å². The first-order valence-corrected chi connectivity index (χ1v) is 8.46. The first kappa shape index (κ1) is 19.4. The van der Waals surface area contributed by atoms with Gasteiger partial charge in [0.15, 0.2) is 5.78 Å². The molecule has 2 rings (SSSR count). The topological polar surface area (TPSA) is 69.7 Å². The lowest BCUT2D eigenvalue weighted by Gasteiger charge is -2.23. The Morgan fingerprint density at radius 1 is 0.885 bits per heavy atom. The number of carbonyl (C=O) groups excluding carboxylic acids is 3. The van der Waals surface area contributed by atoms with E-state index in [2.05, 4.69) is 0 Å². The summed E-state index contributed by atoms with van der Waals surface area (Å²) in [5, 5.41) is 0. The second-order valence-corrected chi connectivity index (χ2v) is 5.76. The molecule has 0 N–H and O–H groups in total. The maximum atomic E-state index is 12.7. The van der Waals surface area contributed by atoms with Crippen LogP contribution in [0.25, 0.3) is 0 Å². The molecule has 0 saturated heterocycles. The SMILES string of the molecule is CCOC(=O)[C@@H](CC(=O)c1ccccc1)[C@H](C(=O)OC)c1ccccc1. The van der Waals surface area contributed by atoms with Crippen molar-refractivity contribution in [3.05, 3.63) is 71.8 Å². The van der Waals surface area contributed by atoms with E-state index >= 15 is 0 Å². The number of rotatable bonds is 8. The van der Waals surface area contributed by atoms with Crippen LogP contribution in [0.1, 0.15) is 35.2 Å². The molecular formula is C21H22O5. The third-order valence-corrected chi connectivity index (χ3v) is 4.11. The summed E-state index contributed by atoms with van der Waals surface area (Å²) in [5.74, 6) is -3.26. The molecule has 0 bridgehead atoms. The van der Waals surface area contributed by atoms with E-state index in [-0.39, 0.29) is 18.8 Å². The number of carbonyl (C=O) groups is 3. The number of esters is 2. The fraction of sp³-hybridized carbons (Fsp3) is 0.286. The van der Waals surface area contributed by atoms with Gasteiger partial charge in [-0.15, -0.1) is 0 Å². The molecular weight excluding hydrogens is 332 g/mol. The van der Waals surface area contributed by atoms with Crippen LogP contribution >= 0.6 is 0 Å². The van der Waals surface area contributed by atoms with Crippen LogP contribution in [0.15, 0.2) is 60.7 Å². The molecule has 0 aliphatic heterocycles. The molecule has 0 saturated carbocycles. The predicted octanol–water partition coefficient (Wildman–Crippen LogP) is 3.40. The zero-order valence-corrected chi connectivity index (χ0v) is 14.9. The largest absolute Gasteiger partial charge is 0.469 e. The third kappa shape index (κ3) is 4.79. The fourth-order valence-electron chi connectivity index (χ4n) is 2.85. The Morgan fingerprint density at radius 3 is 2.00 bits per heavy atom. The molecule has 0 aliphatic rings. The molecule has 0 heterocycles. The summed E-state index contributed by atoms with van der Waals surface area (Å²) in [6.07, 6.45) is -0.141. The van der Waals surface area contributed by atoms with E-state index in [0.717, 1.165) is 0 Å². The van der Waals surface area contributed by atoms with Crippen LogP contribution < -0.4 is 0 Å². The van der Waals surface area contributed by atoms with E-state index in [1.165, 1.54) is 7.11 Å². The average Bonchev–Trinajstić information content (AvgIpc) is 2.68. The Labute approximate surface area is 152 Å². The summed E-state index contributed by atoms with van der Waals surface area (Å²) in [6.45, 7) is 1.85. The van der Waals surface area contributed by atoms with E-state index in [1.807, 2.05) is 6.07 Å². The summed E-state index contributed by atoms with van der Waals surface area (Å²) in [7, 11) is 1.26. The van der Waals surface area contributed by atoms with E-state index in [9.17, 15) is 14.4 Å². The Bertz CT molecular complexity index is 740. The number of hydrogen-bond donors (Lipinski definition) is 0. The van der Waals surface area contributed by atoms with Crippen molar-refractivity contribution < 1.29 is 23.9 Å². The molecule has 0 aromatic heterocycles. The van der Waals surface area contributed by atoms with Crippen molar-refractivity contribution in [2.75, 3.05) is 13.7 Å². The molecule has 26 heavy (non-hydrogen) atoms. The van der Waals surface area contributed by atoms with Crippen LogP contribution in [-0.4, -0.2) is 31.4 Å². The van der Waals surface area contributed by atoms with E-state index < -0.39 is 23.8 Å². The zero-order valence-electron chi connectivity index (χ0n) is 14.9. The molecule has 2 aromatic rings. The number of ether oxygens (including phenoxy) is 2. The van der Waals surface area contributed by atoms with Crippen molar-refractivity contribution in [2.45, 2.75) is 19.3 Å². The van der Waals surface area contributed by atoms with Gasteiger partial charge in [-0.25, -0.2) is 0 Å². The first-order valence-electron chi connectivity index (χ1n) is 8.46. The third-order valence-electron chi connectivity index (χ3n) is 4.11. The van der Waals surface area contributed by atoms with Gasteiger partial charge in [-0.1, -0.05) is 60.7 Å². The molecule has 136 valence electrons. The molecule has 2 atom stereocenters. The predicted molar refractivity (Wildman–Crippen MR) is 96.7 cm³/mol. The smallest absolute Gasteiger partial charge is 0.314 e. The van der Waals surface area contributed by atoms with E-state index in [0.29, 0.717) is 11.1 Å². The van der Waals surface area contributed by atoms with E-state index in [4.69, 9.17) is 9.47 Å². The van der Waals surface area contributed by atoms with Crippen LogP contribution in [0.4, 0.5) is 0 Å². The van der Waals surface area contributed by atoms with Gasteiger partial charge in [0, 0.05) is 12.0 Å². The minimum atomic E-state index is -0.961. The molecule has 0 unspecified atom stereocenters. The van der Waals surface area contributed by atoms with Crippen molar-refractivity contribution in [1.82, 2.24) is 0 Å². The van der Waals surface area contributed by atoms with E-state index in [1.54, 1.807) is 61.5 Å². The van der Waals surface area contributed by atoms with Crippen LogP contribution in [0, 0.1) is 5.92 Å². The van der Waals surface area contributed by atoms with Gasteiger partial charge in [-0.3, -0.25) is 14.4 Å². The van der Waals surface area contributed by atoms with Gasteiger partial charge in [0.2, 0.25) is 0 Å². The maximum absolute atomic E-state index is 12.7. The lowest BCUT2D eigenvalue weighted by atomic mass is 9.82. The van der Waals surface area contributed by atoms with Crippen LogP contribution in [0.2, 0.25) is 0 Å². The van der Waals surface area contributed by atoms with Gasteiger partial charge in [0.1, 0.15) is 0 Å². The van der Waals surface area contributed by atoms with Crippen molar-refractivity contribution in [3.8, 4) is 0 Å². The van der Waals surface area contributed by atoms with Gasteiger partial charge in [0.05, 0.1) is 25.6 Å². The van der Waals surface area contributed by atoms with Crippen molar-refractivity contribution in [2.24, 2.45) is 5.92 Å². The van der Waals surface area contributed by atoms with Gasteiger partial charge in [-0.05, 0) is 12.5 Å². The summed E-state index contributed by atoms with van der Waals surface area (Å²) >= 11 is 0. The molecule has 0 fully saturated rings. The Hall–Kier alpha value is -2.95. The number of Topliss-reactive ketones (excluding diaryl/α,β-unsaturated/α-hetero) is 1. The van der Waals surface area contributed by atoms with Crippen molar-refractivity contribution in [3.63, 3.8) is 0 Å². The molecule has 0 amide bonds. The lowest BCUT2D eigenvalue weighted by molar-refractivity contribution is -0.155. The highest BCUT2D eigenvalue weighted by atomic mass is 16.5. The number of methoxy groups -OCH3 is 1. The standard InChI is InChI=1S/C21H22O5/c1-3-26-20(23)17(14-18(22)15-10-6-4-7-11-15)19(21(24)25-2)16-12-8-5-9-13-16/h4-13,17,19H,3,14H2,1-2H3/t17-,19+/m0/s1. The van der Waals surface area contributed by atoms with Crippen molar-refractivity contribution >= 4 is 17.7 Å². The number of ketones is 1. The second kappa shape index (κ2) is 9.51. The highest BCUT2D eigenvalue weighted by molar-refractivity contribution is 5.99. The highest BCUT2D eigenvalue weighted by Crippen LogP contribution is 2.31. The molecule has 5 heteroatoms. The summed E-state index contributed by atoms with van der Waals surface area (Å²) in [6, 6.07) is 17.5. The summed E-state index contributed by atoms with van der Waals surface area (Å²) < 4.78 is 10.0. The molecule has 5 nitrogen and oxygen atoms in total. The Kier molecular flexibility index (Phi) is 7.09. The maximum Gasteiger partial charge on any atom is 0.314 e. The minimum Gasteiger partial charge on any atom is -0.469 e. The van der Waals surface area contributed by atoms with Gasteiger partial charge in [0.25, 0.3) is 0 Å². The van der Waals surface area contributed by atoms with Crippen LogP contribution in [-0.2, 0) is 19.1 Å². The number of benzene rings is 2. The van der Waals surface area contributed by atoms with Gasteiger partial charge < -0.3 is 9.47 Å². The Morgan fingerprint density at radius 2 is 1.46 bits per heavy atom. The molecule has 0 spiro atoms. The monoisotopic (exact) mass is 354 g/mol. The van der Waals surface area contributed by atoms with Crippen LogP contribution in [0.5, 0.6) is 0 Å². The molecule has 0 aliphatic carbocycles. The normalized spacial score (nSPS) is 12.7. The van der Waals surface area contributed by atoms with Gasteiger partial charge >= 0.3 is 11.9 Å². The lowest BCUT2D eigenvalue weighted by Crippen LogP contribution is -2.32. The first-order chi connectivity index (χ1) is 12.6. The quantitative estimate of drug-likeness (QED) is 0.537. The second-order valence-electron chi connectivity index (χ2n) is 5.76. The zero-order chi connectivity index (χ0) is 18.9. The summed E-state index contributed by atoms with van der Waals surface area (Å²) in [5.41, 5.74) is 1.09. The molecule has 2 aromatic carbocycles. The fourth-order valence-corrected chi connectivity index (χ4v) is 2.85.